The largest absolute Gasteiger partial charge is 0.397 e. The molecule has 4 heteroatoms. The smallest absolute Gasteiger partial charge is 0.270 e. The normalized spacial score (nSPS) is 9.79. The molecule has 0 aliphatic carbocycles. The molecule has 1 aromatic heterocycles. The molecule has 1 rings (SSSR count). The molecule has 1 heterocycles. The van der Waals surface area contributed by atoms with E-state index >= 15 is 0 Å². The molecule has 0 fully saturated rings. The molecule has 1 aromatic rings. The maximum atomic E-state index is 11.8. The highest BCUT2D eigenvalue weighted by atomic mass is 16.2. The van der Waals surface area contributed by atoms with Crippen molar-refractivity contribution < 1.29 is 4.79 Å². The predicted octanol–water partition coefficient (Wildman–Crippen LogP) is 1.24. The van der Waals surface area contributed by atoms with Gasteiger partial charge in [0, 0.05) is 25.0 Å². The first-order valence-corrected chi connectivity index (χ1v) is 4.53. The van der Waals surface area contributed by atoms with Crippen LogP contribution >= 0.6 is 0 Å². The lowest BCUT2D eigenvalue weighted by Crippen LogP contribution is -2.31. The van der Waals surface area contributed by atoms with Crippen molar-refractivity contribution in [1.29, 1.82) is 0 Å². The zero-order chi connectivity index (χ0) is 10.6. The molecule has 0 atom stereocenters. The molecule has 0 radical (unpaired) electrons. The van der Waals surface area contributed by atoms with Crippen LogP contribution in [0.5, 0.6) is 0 Å². The Kier molecular flexibility index (Phi) is 3.34. The average Bonchev–Trinajstić information content (AvgIpc) is 2.60. The van der Waals surface area contributed by atoms with E-state index in [1.807, 2.05) is 6.92 Å². The molecule has 4 nitrogen and oxygen atoms in total. The lowest BCUT2D eigenvalue weighted by atomic mass is 10.3. The first kappa shape index (κ1) is 10.4. The van der Waals surface area contributed by atoms with Gasteiger partial charge in [-0.05, 0) is 13.0 Å². The number of likely N-dealkylation sites (N-methyl/N-ethyl adjacent to an activating group) is 1. The quantitative estimate of drug-likeness (QED) is 0.707. The van der Waals surface area contributed by atoms with Gasteiger partial charge < -0.3 is 15.6 Å². The molecular formula is C10H15N3O. The van der Waals surface area contributed by atoms with Gasteiger partial charge in [0.05, 0.1) is 0 Å². The number of nitrogens with zero attached hydrogens (tertiary/aromatic N) is 1. The Bertz CT molecular complexity index is 330. The Morgan fingerprint density at radius 3 is 2.93 bits per heavy atom. The van der Waals surface area contributed by atoms with Gasteiger partial charge in [0.15, 0.2) is 0 Å². The van der Waals surface area contributed by atoms with Gasteiger partial charge in [-0.1, -0.05) is 6.08 Å². The van der Waals surface area contributed by atoms with Crippen LogP contribution in [0.4, 0.5) is 5.69 Å². The second kappa shape index (κ2) is 4.50. The Morgan fingerprint density at radius 2 is 2.50 bits per heavy atom. The Labute approximate surface area is 83.4 Å². The molecule has 14 heavy (non-hydrogen) atoms. The minimum Gasteiger partial charge on any atom is -0.397 e. The van der Waals surface area contributed by atoms with Gasteiger partial charge in [0.2, 0.25) is 0 Å². The van der Waals surface area contributed by atoms with Crippen molar-refractivity contribution >= 4 is 11.6 Å². The van der Waals surface area contributed by atoms with Gasteiger partial charge in [-0.15, -0.1) is 6.58 Å². The van der Waals surface area contributed by atoms with Crippen LogP contribution in [0.2, 0.25) is 0 Å². The molecule has 0 aliphatic rings. The van der Waals surface area contributed by atoms with Crippen LogP contribution < -0.4 is 5.73 Å². The van der Waals surface area contributed by atoms with E-state index in [9.17, 15) is 4.79 Å². The standard InChI is InChI=1S/C10H15N3O/c1-3-5-13(4-2)10(14)9-6-8(11)7-12-9/h3,6-7,12H,1,4-5,11H2,2H3. The third kappa shape index (κ3) is 2.16. The van der Waals surface area contributed by atoms with E-state index in [1.54, 1.807) is 23.2 Å². The fraction of sp³-hybridized carbons (Fsp3) is 0.300. The molecule has 0 spiro atoms. The van der Waals surface area contributed by atoms with Crippen LogP contribution in [-0.2, 0) is 0 Å². The van der Waals surface area contributed by atoms with Gasteiger partial charge in [0.25, 0.3) is 5.91 Å². The number of H-pyrrole nitrogens is 1. The molecular weight excluding hydrogens is 178 g/mol. The van der Waals surface area contributed by atoms with E-state index in [-0.39, 0.29) is 5.91 Å². The fourth-order valence-electron chi connectivity index (χ4n) is 1.22. The highest BCUT2D eigenvalue weighted by molar-refractivity contribution is 5.93. The monoisotopic (exact) mass is 193 g/mol. The minimum atomic E-state index is -0.0518. The van der Waals surface area contributed by atoms with E-state index in [4.69, 9.17) is 5.73 Å². The summed E-state index contributed by atoms with van der Waals surface area (Å²) in [4.78, 5) is 16.3. The summed E-state index contributed by atoms with van der Waals surface area (Å²) in [5.41, 5.74) is 6.60. The third-order valence-electron chi connectivity index (χ3n) is 1.95. The van der Waals surface area contributed by atoms with E-state index < -0.39 is 0 Å². The topological polar surface area (TPSA) is 62.1 Å². The van der Waals surface area contributed by atoms with Crippen molar-refractivity contribution in [3.63, 3.8) is 0 Å². The number of nitrogens with two attached hydrogens (primary N) is 1. The van der Waals surface area contributed by atoms with Crippen molar-refractivity contribution in [1.82, 2.24) is 9.88 Å². The molecule has 0 aliphatic heterocycles. The maximum Gasteiger partial charge on any atom is 0.270 e. The SMILES string of the molecule is C=CCN(CC)C(=O)c1cc(N)c[nH]1. The van der Waals surface area contributed by atoms with Crippen molar-refractivity contribution in [3.05, 3.63) is 30.6 Å². The van der Waals surface area contributed by atoms with E-state index in [1.165, 1.54) is 0 Å². The highest BCUT2D eigenvalue weighted by Gasteiger charge is 2.13. The first-order valence-electron chi connectivity index (χ1n) is 4.53. The summed E-state index contributed by atoms with van der Waals surface area (Å²) in [6.45, 7) is 6.73. The molecule has 76 valence electrons. The van der Waals surface area contributed by atoms with Crippen molar-refractivity contribution in [2.75, 3.05) is 18.8 Å². The summed E-state index contributed by atoms with van der Waals surface area (Å²) in [6.07, 6.45) is 3.31. The summed E-state index contributed by atoms with van der Waals surface area (Å²) >= 11 is 0. The van der Waals surface area contributed by atoms with Crippen LogP contribution in [0, 0.1) is 0 Å². The van der Waals surface area contributed by atoms with Gasteiger partial charge >= 0.3 is 0 Å². The number of aromatic amines is 1. The van der Waals surface area contributed by atoms with Crippen LogP contribution in [0.25, 0.3) is 0 Å². The van der Waals surface area contributed by atoms with Gasteiger partial charge in [0.1, 0.15) is 5.69 Å². The number of nitrogens with one attached hydrogen (secondary N) is 1. The second-order valence-corrected chi connectivity index (χ2v) is 2.98. The zero-order valence-electron chi connectivity index (χ0n) is 8.29. The van der Waals surface area contributed by atoms with E-state index in [0.717, 1.165) is 0 Å². The Balaban J connectivity index is 2.77. The third-order valence-corrected chi connectivity index (χ3v) is 1.95. The van der Waals surface area contributed by atoms with Crippen LogP contribution in [0.3, 0.4) is 0 Å². The van der Waals surface area contributed by atoms with Crippen LogP contribution in [-0.4, -0.2) is 28.9 Å². The number of amides is 1. The summed E-state index contributed by atoms with van der Waals surface area (Å²) in [6, 6.07) is 1.63. The number of anilines is 1. The molecule has 0 unspecified atom stereocenters. The number of hydrogen-bond donors (Lipinski definition) is 2. The predicted molar refractivity (Wildman–Crippen MR) is 57.0 cm³/mol. The lowest BCUT2D eigenvalue weighted by Gasteiger charge is -2.17. The van der Waals surface area contributed by atoms with E-state index in [2.05, 4.69) is 11.6 Å². The molecule has 1 amide bonds. The number of carbonyl (C=O) groups is 1. The molecule has 0 bridgehead atoms. The Hall–Kier alpha value is -1.71. The first-order chi connectivity index (χ1) is 6.69. The number of hydrogen-bond acceptors (Lipinski definition) is 2. The van der Waals surface area contributed by atoms with Crippen LogP contribution in [0.1, 0.15) is 17.4 Å². The van der Waals surface area contributed by atoms with Gasteiger partial charge in [-0.25, -0.2) is 0 Å². The summed E-state index contributed by atoms with van der Waals surface area (Å²) in [5, 5.41) is 0. The molecule has 3 N–H and O–H groups in total. The minimum absolute atomic E-state index is 0.0518. The second-order valence-electron chi connectivity index (χ2n) is 2.98. The Morgan fingerprint density at radius 1 is 1.79 bits per heavy atom. The zero-order valence-corrected chi connectivity index (χ0v) is 8.29. The number of nitrogen functional groups attached to an aromatic ring is 1. The van der Waals surface area contributed by atoms with Gasteiger partial charge in [-0.2, -0.15) is 0 Å². The molecule has 0 saturated carbocycles. The average molecular weight is 193 g/mol. The van der Waals surface area contributed by atoms with Crippen LogP contribution in [0.15, 0.2) is 24.9 Å². The molecule has 0 saturated heterocycles. The van der Waals surface area contributed by atoms with Crippen molar-refractivity contribution in [2.24, 2.45) is 0 Å². The van der Waals surface area contributed by atoms with Crippen molar-refractivity contribution in [2.45, 2.75) is 6.92 Å². The fourth-order valence-corrected chi connectivity index (χ4v) is 1.22. The molecule has 0 aromatic carbocycles. The highest BCUT2D eigenvalue weighted by Crippen LogP contribution is 2.07. The summed E-state index contributed by atoms with van der Waals surface area (Å²) < 4.78 is 0. The summed E-state index contributed by atoms with van der Waals surface area (Å²) in [7, 11) is 0. The number of carbonyl (C=O) groups excluding carboxylic acids is 1. The number of rotatable bonds is 4. The van der Waals surface area contributed by atoms with Crippen molar-refractivity contribution in [3.8, 4) is 0 Å². The number of aromatic nitrogens is 1. The van der Waals surface area contributed by atoms with E-state index in [0.29, 0.717) is 24.5 Å². The van der Waals surface area contributed by atoms with Gasteiger partial charge in [-0.3, -0.25) is 4.79 Å². The maximum absolute atomic E-state index is 11.8. The summed E-state index contributed by atoms with van der Waals surface area (Å²) in [5.74, 6) is -0.0518. The lowest BCUT2D eigenvalue weighted by molar-refractivity contribution is 0.0777.